The Bertz CT molecular complexity index is 796. The van der Waals surface area contributed by atoms with Gasteiger partial charge in [-0.1, -0.05) is 19.1 Å². The van der Waals surface area contributed by atoms with Gasteiger partial charge in [0.15, 0.2) is 0 Å². The molecule has 6 nitrogen and oxygen atoms in total. The zero-order chi connectivity index (χ0) is 19.1. The van der Waals surface area contributed by atoms with E-state index in [2.05, 4.69) is 0 Å². The van der Waals surface area contributed by atoms with Crippen LogP contribution in [0.15, 0.2) is 29.2 Å². The first-order valence-electron chi connectivity index (χ1n) is 9.92. The minimum Gasteiger partial charge on any atom is -0.379 e. The molecule has 1 amide bonds. The Morgan fingerprint density at radius 1 is 1.22 bits per heavy atom. The lowest BCUT2D eigenvalue weighted by Gasteiger charge is -2.40. The van der Waals surface area contributed by atoms with Crippen LogP contribution < -0.4 is 0 Å². The Balaban J connectivity index is 1.63. The Kier molecular flexibility index (Phi) is 5.03. The van der Waals surface area contributed by atoms with Gasteiger partial charge in [-0.15, -0.1) is 0 Å². The zero-order valence-electron chi connectivity index (χ0n) is 15.9. The normalized spacial score (nSPS) is 27.3. The van der Waals surface area contributed by atoms with Crippen LogP contribution in [0.5, 0.6) is 0 Å². The molecule has 1 unspecified atom stereocenters. The molecule has 1 aromatic carbocycles. The number of carbonyl (C=O) groups excluding carboxylic acids is 1. The number of aryl methyl sites for hydroxylation is 1. The first-order chi connectivity index (χ1) is 12.9. The molecule has 4 rings (SSSR count). The Morgan fingerprint density at radius 2 is 1.96 bits per heavy atom. The molecular formula is C20H28N2O4S. The molecule has 0 radical (unpaired) electrons. The molecule has 2 heterocycles. The predicted molar refractivity (Wildman–Crippen MR) is 102 cm³/mol. The van der Waals surface area contributed by atoms with Crippen LogP contribution in [0.3, 0.4) is 0 Å². The van der Waals surface area contributed by atoms with Crippen molar-refractivity contribution in [2.75, 3.05) is 32.8 Å². The molecule has 0 bridgehead atoms. The van der Waals surface area contributed by atoms with Crippen molar-refractivity contribution < 1.29 is 17.9 Å². The maximum absolute atomic E-state index is 13.3. The van der Waals surface area contributed by atoms with E-state index in [-0.39, 0.29) is 18.9 Å². The van der Waals surface area contributed by atoms with Crippen molar-refractivity contribution in [2.45, 2.75) is 49.5 Å². The minimum atomic E-state index is -3.63. The van der Waals surface area contributed by atoms with Gasteiger partial charge in [-0.25, -0.2) is 8.42 Å². The van der Waals surface area contributed by atoms with Gasteiger partial charge in [0.2, 0.25) is 15.9 Å². The van der Waals surface area contributed by atoms with E-state index in [1.54, 1.807) is 12.1 Å². The van der Waals surface area contributed by atoms with Crippen molar-refractivity contribution in [3.63, 3.8) is 0 Å². The lowest BCUT2D eigenvalue weighted by molar-refractivity contribution is -0.136. The van der Waals surface area contributed by atoms with Gasteiger partial charge in [0.05, 0.1) is 17.0 Å². The van der Waals surface area contributed by atoms with E-state index in [1.807, 2.05) is 24.0 Å². The summed E-state index contributed by atoms with van der Waals surface area (Å²) < 4.78 is 33.7. The lowest BCUT2D eigenvalue weighted by atomic mass is 9.95. The molecule has 27 heavy (non-hydrogen) atoms. The van der Waals surface area contributed by atoms with Crippen LogP contribution in [-0.4, -0.2) is 61.9 Å². The standard InChI is InChI=1S/C20H28N2O4S/c1-2-16-5-7-18(8-6-16)27(24,25)21-11-9-19(23)22(13-17-3-4-17)20(14-21)10-12-26-15-20/h5-8,17H,2-4,9-15H2,1H3. The topological polar surface area (TPSA) is 66.9 Å². The smallest absolute Gasteiger partial charge is 0.243 e. The highest BCUT2D eigenvalue weighted by Crippen LogP contribution is 2.37. The molecule has 1 atom stereocenters. The number of ether oxygens (including phenoxy) is 1. The third-order valence-electron chi connectivity index (χ3n) is 6.11. The molecular weight excluding hydrogens is 364 g/mol. The van der Waals surface area contributed by atoms with Crippen LogP contribution in [0.2, 0.25) is 0 Å². The van der Waals surface area contributed by atoms with Gasteiger partial charge in [0.1, 0.15) is 0 Å². The lowest BCUT2D eigenvalue weighted by Crippen LogP contribution is -2.57. The first kappa shape index (κ1) is 18.9. The first-order valence-corrected chi connectivity index (χ1v) is 11.4. The van der Waals surface area contributed by atoms with E-state index in [4.69, 9.17) is 4.74 Å². The van der Waals surface area contributed by atoms with Gasteiger partial charge in [0, 0.05) is 32.7 Å². The van der Waals surface area contributed by atoms with Crippen LogP contribution >= 0.6 is 0 Å². The van der Waals surface area contributed by atoms with Crippen molar-refractivity contribution in [3.05, 3.63) is 29.8 Å². The summed E-state index contributed by atoms with van der Waals surface area (Å²) in [4.78, 5) is 15.1. The zero-order valence-corrected chi connectivity index (χ0v) is 16.7. The molecule has 3 aliphatic rings. The monoisotopic (exact) mass is 392 g/mol. The predicted octanol–water partition coefficient (Wildman–Crippen LogP) is 2.04. The van der Waals surface area contributed by atoms with Crippen LogP contribution in [0, 0.1) is 5.92 Å². The Hall–Kier alpha value is -1.44. The van der Waals surface area contributed by atoms with Crippen molar-refractivity contribution in [2.24, 2.45) is 5.92 Å². The second-order valence-electron chi connectivity index (χ2n) is 8.06. The highest BCUT2D eigenvalue weighted by molar-refractivity contribution is 7.89. The largest absolute Gasteiger partial charge is 0.379 e. The van der Waals surface area contributed by atoms with Crippen LogP contribution in [0.1, 0.15) is 38.2 Å². The van der Waals surface area contributed by atoms with Gasteiger partial charge in [-0.3, -0.25) is 4.79 Å². The van der Waals surface area contributed by atoms with E-state index < -0.39 is 15.6 Å². The number of nitrogens with zero attached hydrogens (tertiary/aromatic N) is 2. The minimum absolute atomic E-state index is 0.0615. The van der Waals surface area contributed by atoms with Crippen molar-refractivity contribution in [1.82, 2.24) is 9.21 Å². The molecule has 1 saturated carbocycles. The van der Waals surface area contributed by atoms with E-state index in [9.17, 15) is 13.2 Å². The quantitative estimate of drug-likeness (QED) is 0.769. The SMILES string of the molecule is CCc1ccc(S(=O)(=O)N2CCC(=O)N(CC3CC3)C3(CCOC3)C2)cc1. The van der Waals surface area contributed by atoms with Gasteiger partial charge < -0.3 is 9.64 Å². The molecule has 7 heteroatoms. The fourth-order valence-corrected chi connectivity index (χ4v) is 5.67. The van der Waals surface area contributed by atoms with E-state index in [0.29, 0.717) is 37.0 Å². The molecule has 0 aromatic heterocycles. The average Bonchev–Trinajstić information content (AvgIpc) is 3.40. The van der Waals surface area contributed by atoms with E-state index in [0.717, 1.165) is 31.4 Å². The van der Waals surface area contributed by atoms with Crippen molar-refractivity contribution in [1.29, 1.82) is 0 Å². The Labute approximate surface area is 161 Å². The molecule has 2 aliphatic heterocycles. The number of rotatable bonds is 5. The third-order valence-corrected chi connectivity index (χ3v) is 7.97. The van der Waals surface area contributed by atoms with Crippen LogP contribution in [0.25, 0.3) is 0 Å². The second-order valence-corrected chi connectivity index (χ2v) is 10.00. The summed E-state index contributed by atoms with van der Waals surface area (Å²) in [6.45, 7) is 4.34. The fraction of sp³-hybridized carbons (Fsp3) is 0.650. The molecule has 1 aromatic rings. The fourth-order valence-electron chi connectivity index (χ4n) is 4.15. The molecule has 148 valence electrons. The number of carbonyl (C=O) groups is 1. The van der Waals surface area contributed by atoms with Crippen LogP contribution in [0.4, 0.5) is 0 Å². The van der Waals surface area contributed by atoms with Crippen LogP contribution in [-0.2, 0) is 26.0 Å². The summed E-state index contributed by atoms with van der Waals surface area (Å²) in [5.41, 5.74) is 0.586. The van der Waals surface area contributed by atoms with E-state index >= 15 is 0 Å². The third kappa shape index (κ3) is 3.65. The molecule has 0 N–H and O–H groups in total. The van der Waals surface area contributed by atoms with Crippen molar-refractivity contribution in [3.8, 4) is 0 Å². The maximum Gasteiger partial charge on any atom is 0.243 e. The van der Waals surface area contributed by atoms with Crippen molar-refractivity contribution >= 4 is 15.9 Å². The summed E-state index contributed by atoms with van der Waals surface area (Å²) in [5, 5.41) is 0. The maximum atomic E-state index is 13.3. The Morgan fingerprint density at radius 3 is 2.56 bits per heavy atom. The van der Waals surface area contributed by atoms with Gasteiger partial charge in [-0.2, -0.15) is 4.31 Å². The average molecular weight is 393 g/mol. The molecule has 1 aliphatic carbocycles. The number of amides is 1. The van der Waals surface area contributed by atoms with Gasteiger partial charge in [-0.05, 0) is 49.3 Å². The summed E-state index contributed by atoms with van der Waals surface area (Å²) in [6, 6.07) is 7.09. The summed E-state index contributed by atoms with van der Waals surface area (Å²) in [7, 11) is -3.63. The number of hydrogen-bond acceptors (Lipinski definition) is 4. The molecule has 3 fully saturated rings. The van der Waals surface area contributed by atoms with Gasteiger partial charge >= 0.3 is 0 Å². The van der Waals surface area contributed by atoms with E-state index in [1.165, 1.54) is 4.31 Å². The number of hydrogen-bond donors (Lipinski definition) is 0. The van der Waals surface area contributed by atoms with Gasteiger partial charge in [0.25, 0.3) is 0 Å². The highest BCUT2D eigenvalue weighted by Gasteiger charge is 2.49. The highest BCUT2D eigenvalue weighted by atomic mass is 32.2. The summed E-state index contributed by atoms with van der Waals surface area (Å²) in [5.74, 6) is 0.627. The number of sulfonamides is 1. The second kappa shape index (κ2) is 7.18. The summed E-state index contributed by atoms with van der Waals surface area (Å²) >= 11 is 0. The molecule has 1 spiro atoms. The number of benzene rings is 1. The molecule has 2 saturated heterocycles. The summed E-state index contributed by atoms with van der Waals surface area (Å²) in [6.07, 6.45) is 4.13.